The number of alkyl halides is 3. The van der Waals surface area contributed by atoms with E-state index in [1.54, 1.807) is 0 Å². The molecule has 0 spiro atoms. The molecular weight excluding hydrogens is 268 g/mol. The summed E-state index contributed by atoms with van der Waals surface area (Å²) in [5.74, 6) is 0. The Kier molecular flexibility index (Phi) is 4.14. The Morgan fingerprint density at radius 3 is 2.12 bits per heavy atom. The second-order valence-corrected chi connectivity index (χ2v) is 7.04. The molecule has 0 aromatic carbocycles. The van der Waals surface area contributed by atoms with Gasteiger partial charge in [-0.05, 0) is 6.42 Å². The lowest BCUT2D eigenvalue weighted by atomic mass is 9.90. The summed E-state index contributed by atoms with van der Waals surface area (Å²) < 4.78 is 0.297. The Morgan fingerprint density at radius 2 is 1.75 bits per heavy atom. The van der Waals surface area contributed by atoms with E-state index in [0.29, 0.717) is 5.69 Å². The third-order valence-electron chi connectivity index (χ3n) is 2.15. The topological polar surface area (TPSA) is 30.7 Å². The van der Waals surface area contributed by atoms with Gasteiger partial charge < -0.3 is 0 Å². The summed E-state index contributed by atoms with van der Waals surface area (Å²) in [4.78, 5) is 0. The van der Waals surface area contributed by atoms with E-state index in [-0.39, 0.29) is 5.41 Å². The van der Waals surface area contributed by atoms with Crippen molar-refractivity contribution >= 4 is 34.8 Å². The van der Waals surface area contributed by atoms with Gasteiger partial charge in [0.15, 0.2) is 0 Å². The minimum Gasteiger partial charge on any atom is -0.248 e. The van der Waals surface area contributed by atoms with Gasteiger partial charge in [-0.25, -0.2) is 4.68 Å². The molecule has 0 amide bonds. The molecule has 0 aliphatic heterocycles. The van der Waals surface area contributed by atoms with Crippen LogP contribution in [0.25, 0.3) is 0 Å². The van der Waals surface area contributed by atoms with Crippen LogP contribution >= 0.6 is 34.8 Å². The fourth-order valence-corrected chi connectivity index (χ4v) is 2.00. The highest BCUT2D eigenvalue weighted by Gasteiger charge is 2.36. The zero-order chi connectivity index (χ0) is 12.6. The van der Waals surface area contributed by atoms with Crippen LogP contribution in [-0.4, -0.2) is 15.0 Å². The monoisotopic (exact) mass is 283 g/mol. The molecular formula is C10H16Cl3N3. The Bertz CT molecular complexity index is 360. The predicted molar refractivity (Wildman–Crippen MR) is 68.3 cm³/mol. The summed E-state index contributed by atoms with van der Waals surface area (Å²) in [6.07, 6.45) is 0.964. The van der Waals surface area contributed by atoms with Crippen molar-refractivity contribution in [2.75, 3.05) is 0 Å². The first-order chi connectivity index (χ1) is 7.18. The van der Waals surface area contributed by atoms with Crippen molar-refractivity contribution in [2.24, 2.45) is 0 Å². The quantitative estimate of drug-likeness (QED) is 0.773. The maximum absolute atomic E-state index is 5.90. The average molecular weight is 285 g/mol. The zero-order valence-corrected chi connectivity index (χ0v) is 12.2. The molecule has 1 aromatic rings. The molecule has 3 nitrogen and oxygen atoms in total. The fourth-order valence-electron chi connectivity index (χ4n) is 1.61. The molecule has 0 unspecified atom stereocenters. The van der Waals surface area contributed by atoms with E-state index in [0.717, 1.165) is 18.7 Å². The van der Waals surface area contributed by atoms with Gasteiger partial charge in [0.2, 0.25) is 3.79 Å². The van der Waals surface area contributed by atoms with E-state index in [2.05, 4.69) is 38.0 Å². The number of hydrogen-bond donors (Lipinski definition) is 0. The highest BCUT2D eigenvalue weighted by atomic mass is 35.6. The second kappa shape index (κ2) is 4.71. The highest BCUT2D eigenvalue weighted by molar-refractivity contribution is 6.66. The maximum atomic E-state index is 5.90. The number of nitrogens with zero attached hydrogens (tertiary/aromatic N) is 3. The number of aromatic nitrogens is 3. The van der Waals surface area contributed by atoms with E-state index in [1.165, 1.54) is 0 Å². The maximum Gasteiger partial charge on any atom is 0.236 e. The molecule has 1 aromatic heterocycles. The van der Waals surface area contributed by atoms with Crippen LogP contribution < -0.4 is 0 Å². The highest BCUT2D eigenvalue weighted by Crippen LogP contribution is 2.41. The van der Waals surface area contributed by atoms with E-state index >= 15 is 0 Å². The third-order valence-corrected chi connectivity index (χ3v) is 2.69. The Labute approximate surface area is 111 Å². The second-order valence-electron chi connectivity index (χ2n) is 4.76. The van der Waals surface area contributed by atoms with Gasteiger partial charge in [-0.15, -0.1) is 5.10 Å². The van der Waals surface area contributed by atoms with Gasteiger partial charge in [0.1, 0.15) is 5.69 Å². The average Bonchev–Trinajstić information content (AvgIpc) is 2.46. The Hall–Kier alpha value is 0.01000. The van der Waals surface area contributed by atoms with Gasteiger partial charge in [-0.1, -0.05) is 67.7 Å². The van der Waals surface area contributed by atoms with Crippen LogP contribution in [0.4, 0.5) is 0 Å². The lowest BCUT2D eigenvalue weighted by Crippen LogP contribution is -2.22. The van der Waals surface area contributed by atoms with Crippen LogP contribution in [0.1, 0.15) is 45.5 Å². The van der Waals surface area contributed by atoms with Crippen molar-refractivity contribution < 1.29 is 0 Å². The van der Waals surface area contributed by atoms with E-state index in [9.17, 15) is 0 Å². The minimum atomic E-state index is -1.52. The van der Waals surface area contributed by atoms with Gasteiger partial charge in [0, 0.05) is 12.0 Å². The molecule has 0 bridgehead atoms. The van der Waals surface area contributed by atoms with Crippen molar-refractivity contribution in [3.63, 3.8) is 0 Å². The Balaban J connectivity index is 3.31. The van der Waals surface area contributed by atoms with E-state index in [4.69, 9.17) is 34.8 Å². The summed E-state index contributed by atoms with van der Waals surface area (Å²) in [6.45, 7) is 9.01. The number of aryl methyl sites for hydroxylation is 1. The van der Waals surface area contributed by atoms with Crippen molar-refractivity contribution in [1.29, 1.82) is 0 Å². The minimum absolute atomic E-state index is 0.155. The first kappa shape index (κ1) is 14.1. The largest absolute Gasteiger partial charge is 0.248 e. The summed E-state index contributed by atoms with van der Waals surface area (Å²) >= 11 is 17.7. The third kappa shape index (κ3) is 3.02. The lowest BCUT2D eigenvalue weighted by molar-refractivity contribution is 0.474. The summed E-state index contributed by atoms with van der Waals surface area (Å²) in [5, 5.41) is 8.04. The summed E-state index contributed by atoms with van der Waals surface area (Å²) in [7, 11) is 0. The van der Waals surface area contributed by atoms with Crippen LogP contribution in [0.3, 0.4) is 0 Å². The summed E-state index contributed by atoms with van der Waals surface area (Å²) in [5.41, 5.74) is 1.16. The lowest BCUT2D eigenvalue weighted by Gasteiger charge is -2.23. The summed E-state index contributed by atoms with van der Waals surface area (Å²) in [6, 6.07) is 0. The first-order valence-corrected chi connectivity index (χ1v) is 6.32. The van der Waals surface area contributed by atoms with E-state index < -0.39 is 3.79 Å². The van der Waals surface area contributed by atoms with Crippen LogP contribution in [0, 0.1) is 0 Å². The molecule has 0 saturated carbocycles. The van der Waals surface area contributed by atoms with Gasteiger partial charge in [-0.2, -0.15) is 0 Å². The van der Waals surface area contributed by atoms with Crippen LogP contribution in [0.5, 0.6) is 0 Å². The first-order valence-electron chi connectivity index (χ1n) is 5.19. The Morgan fingerprint density at radius 1 is 1.19 bits per heavy atom. The van der Waals surface area contributed by atoms with Gasteiger partial charge in [0.05, 0.1) is 5.69 Å². The smallest absolute Gasteiger partial charge is 0.236 e. The molecule has 92 valence electrons. The molecule has 0 fully saturated rings. The molecule has 0 radical (unpaired) electrons. The fraction of sp³-hybridized carbons (Fsp3) is 0.800. The van der Waals surface area contributed by atoms with Crippen molar-refractivity contribution in [3.05, 3.63) is 11.4 Å². The zero-order valence-electron chi connectivity index (χ0n) is 9.89. The van der Waals surface area contributed by atoms with Crippen LogP contribution in [-0.2, 0) is 15.8 Å². The molecule has 0 atom stereocenters. The molecule has 1 rings (SSSR count). The van der Waals surface area contributed by atoms with Crippen molar-refractivity contribution in [3.8, 4) is 0 Å². The predicted octanol–water partition coefficient (Wildman–Crippen LogP) is 3.81. The van der Waals surface area contributed by atoms with Gasteiger partial charge in [0.25, 0.3) is 0 Å². The van der Waals surface area contributed by atoms with Crippen LogP contribution in [0.2, 0.25) is 0 Å². The number of rotatable bonds is 2. The molecule has 6 heteroatoms. The van der Waals surface area contributed by atoms with Gasteiger partial charge >= 0.3 is 0 Å². The molecule has 1 heterocycles. The molecule has 0 aliphatic rings. The van der Waals surface area contributed by atoms with Crippen molar-refractivity contribution in [2.45, 2.75) is 49.9 Å². The van der Waals surface area contributed by atoms with Gasteiger partial charge in [-0.3, -0.25) is 0 Å². The number of hydrogen-bond acceptors (Lipinski definition) is 2. The standard InChI is InChI=1S/C10H16Cl3N3/c1-5-6-16-8(9(2,3)4)7(14-15-16)10(11,12)13/h5-6H2,1-4H3. The van der Waals surface area contributed by atoms with E-state index in [1.807, 2.05) is 4.68 Å². The number of halogens is 3. The van der Waals surface area contributed by atoms with Crippen LogP contribution in [0.15, 0.2) is 0 Å². The molecule has 0 N–H and O–H groups in total. The molecule has 0 saturated heterocycles. The molecule has 0 aliphatic carbocycles. The van der Waals surface area contributed by atoms with Crippen molar-refractivity contribution in [1.82, 2.24) is 15.0 Å². The molecule has 16 heavy (non-hydrogen) atoms. The normalized spacial score (nSPS) is 13.2. The SMILES string of the molecule is CCCn1nnc(C(Cl)(Cl)Cl)c1C(C)(C)C.